The predicted octanol–water partition coefficient (Wildman–Crippen LogP) is 3.08. The number of nitrogens with zero attached hydrogens (tertiary/aromatic N) is 1. The van der Waals surface area contributed by atoms with Gasteiger partial charge in [-0.3, -0.25) is 24.6 Å². The molecule has 4 unspecified atom stereocenters. The van der Waals surface area contributed by atoms with Crippen LogP contribution in [0.4, 0.5) is 0 Å². The summed E-state index contributed by atoms with van der Waals surface area (Å²) in [6, 6.07) is 9.11. The first-order valence-electron chi connectivity index (χ1n) is 10.3. The van der Waals surface area contributed by atoms with Crippen molar-refractivity contribution in [2.75, 3.05) is 0 Å². The molecule has 0 aromatic heterocycles. The molecule has 2 aliphatic rings. The number of carboxylic acid groups (broad SMARTS) is 1. The topological polar surface area (TPSA) is 86.7 Å². The van der Waals surface area contributed by atoms with E-state index in [0.29, 0.717) is 12.8 Å². The van der Waals surface area contributed by atoms with Crippen LogP contribution >= 0.6 is 0 Å². The fourth-order valence-electron chi connectivity index (χ4n) is 4.64. The number of benzene rings is 1. The zero-order chi connectivity index (χ0) is 21.4. The molecule has 0 radical (unpaired) electrons. The molecule has 0 aliphatic carbocycles. The summed E-state index contributed by atoms with van der Waals surface area (Å²) in [4.78, 5) is 40.3. The van der Waals surface area contributed by atoms with Crippen LogP contribution in [0, 0.1) is 11.8 Å². The van der Waals surface area contributed by atoms with Gasteiger partial charge < -0.3 is 5.11 Å². The zero-order valence-electron chi connectivity index (χ0n) is 17.5. The first-order valence-corrected chi connectivity index (χ1v) is 10.3. The standard InChI is InChI=1S/C23H30N2O4/c1-5-6-14-23(21(28)29)18-17(19(26)25(20(18)27)22(2,3)4)16(24-23)13-12-15-10-8-7-9-11-15/h7-13,16-18,24H,5-6,14H2,1-4H3,(H,28,29). The van der Waals surface area contributed by atoms with E-state index in [1.54, 1.807) is 20.8 Å². The number of nitrogens with one attached hydrogen (secondary N) is 1. The van der Waals surface area contributed by atoms with Crippen LogP contribution in [-0.4, -0.2) is 44.9 Å². The van der Waals surface area contributed by atoms with Crippen molar-refractivity contribution in [1.82, 2.24) is 10.2 Å². The Morgan fingerprint density at radius 2 is 1.86 bits per heavy atom. The number of carbonyl (C=O) groups excluding carboxylic acids is 2. The van der Waals surface area contributed by atoms with Gasteiger partial charge in [-0.25, -0.2) is 0 Å². The van der Waals surface area contributed by atoms with Crippen molar-refractivity contribution in [2.45, 2.75) is 64.1 Å². The van der Waals surface area contributed by atoms with Gasteiger partial charge in [0.25, 0.3) is 0 Å². The maximum atomic E-state index is 13.3. The molecule has 0 saturated carbocycles. The van der Waals surface area contributed by atoms with E-state index in [2.05, 4.69) is 5.32 Å². The number of amides is 2. The number of likely N-dealkylation sites (tertiary alicyclic amines) is 1. The highest BCUT2D eigenvalue weighted by Gasteiger charge is 2.68. The van der Waals surface area contributed by atoms with Gasteiger partial charge in [-0.2, -0.15) is 0 Å². The number of aliphatic carboxylic acids is 1. The highest BCUT2D eigenvalue weighted by molar-refractivity contribution is 6.10. The third-order valence-corrected chi connectivity index (χ3v) is 5.97. The summed E-state index contributed by atoms with van der Waals surface area (Å²) < 4.78 is 0. The molecule has 6 heteroatoms. The molecule has 3 rings (SSSR count). The molecule has 2 saturated heterocycles. The Morgan fingerprint density at radius 1 is 1.21 bits per heavy atom. The van der Waals surface area contributed by atoms with Crippen LogP contribution in [0.2, 0.25) is 0 Å². The quantitative estimate of drug-likeness (QED) is 0.719. The second-order valence-corrected chi connectivity index (χ2v) is 9.01. The summed E-state index contributed by atoms with van der Waals surface area (Å²) >= 11 is 0. The van der Waals surface area contributed by atoms with E-state index >= 15 is 0 Å². The Kier molecular flexibility index (Phi) is 5.68. The molecular formula is C23H30N2O4. The first-order chi connectivity index (χ1) is 13.6. The summed E-state index contributed by atoms with van der Waals surface area (Å²) in [6.07, 6.45) is 5.50. The van der Waals surface area contributed by atoms with Crippen molar-refractivity contribution >= 4 is 23.9 Å². The highest BCUT2D eigenvalue weighted by atomic mass is 16.4. The van der Waals surface area contributed by atoms with Crippen LogP contribution in [0.5, 0.6) is 0 Å². The zero-order valence-corrected chi connectivity index (χ0v) is 17.5. The Balaban J connectivity index is 2.05. The number of imide groups is 1. The third-order valence-electron chi connectivity index (χ3n) is 5.97. The molecule has 2 fully saturated rings. The number of unbranched alkanes of at least 4 members (excludes halogenated alkanes) is 1. The molecule has 2 aliphatic heterocycles. The van der Waals surface area contributed by atoms with Crippen molar-refractivity contribution < 1.29 is 19.5 Å². The monoisotopic (exact) mass is 398 g/mol. The molecule has 6 nitrogen and oxygen atoms in total. The van der Waals surface area contributed by atoms with Gasteiger partial charge in [-0.15, -0.1) is 0 Å². The molecule has 2 heterocycles. The first kappa shape index (κ1) is 21.2. The minimum absolute atomic E-state index is 0.290. The van der Waals surface area contributed by atoms with E-state index < -0.39 is 34.9 Å². The molecule has 2 amide bonds. The molecule has 0 spiro atoms. The minimum Gasteiger partial charge on any atom is -0.480 e. The lowest BCUT2D eigenvalue weighted by molar-refractivity contribution is -0.153. The van der Waals surface area contributed by atoms with Crippen molar-refractivity contribution in [1.29, 1.82) is 0 Å². The minimum atomic E-state index is -1.43. The van der Waals surface area contributed by atoms with E-state index in [4.69, 9.17) is 0 Å². The van der Waals surface area contributed by atoms with Crippen LogP contribution in [-0.2, 0) is 14.4 Å². The fourth-order valence-corrected chi connectivity index (χ4v) is 4.64. The lowest BCUT2D eigenvalue weighted by Crippen LogP contribution is -2.58. The van der Waals surface area contributed by atoms with E-state index in [9.17, 15) is 19.5 Å². The summed E-state index contributed by atoms with van der Waals surface area (Å²) in [5.74, 6) is -3.34. The molecule has 0 bridgehead atoms. The van der Waals surface area contributed by atoms with E-state index in [1.165, 1.54) is 4.90 Å². The number of hydrogen-bond donors (Lipinski definition) is 2. The second-order valence-electron chi connectivity index (χ2n) is 9.01. The van der Waals surface area contributed by atoms with Gasteiger partial charge in [-0.1, -0.05) is 62.2 Å². The molecule has 2 N–H and O–H groups in total. The third kappa shape index (κ3) is 3.62. The Bertz CT molecular complexity index is 827. The maximum Gasteiger partial charge on any atom is 0.324 e. The van der Waals surface area contributed by atoms with Crippen molar-refractivity contribution in [3.63, 3.8) is 0 Å². The highest BCUT2D eigenvalue weighted by Crippen LogP contribution is 2.47. The summed E-state index contributed by atoms with van der Waals surface area (Å²) in [6.45, 7) is 7.40. The number of rotatable bonds is 6. The van der Waals surface area contributed by atoms with E-state index in [-0.39, 0.29) is 11.8 Å². The van der Waals surface area contributed by atoms with Crippen LogP contribution in [0.1, 0.15) is 52.5 Å². The van der Waals surface area contributed by atoms with Crippen molar-refractivity contribution in [3.8, 4) is 0 Å². The normalized spacial score (nSPS) is 29.7. The fraction of sp³-hybridized carbons (Fsp3) is 0.522. The van der Waals surface area contributed by atoms with Gasteiger partial charge in [0.05, 0.1) is 11.8 Å². The summed E-state index contributed by atoms with van der Waals surface area (Å²) in [7, 11) is 0. The van der Waals surface area contributed by atoms with E-state index in [1.807, 2.05) is 49.4 Å². The number of fused-ring (bicyclic) bond motifs is 1. The van der Waals surface area contributed by atoms with E-state index in [0.717, 1.165) is 12.0 Å². The van der Waals surface area contributed by atoms with Gasteiger partial charge in [0.1, 0.15) is 5.54 Å². The second kappa shape index (κ2) is 7.75. The van der Waals surface area contributed by atoms with Gasteiger partial charge in [0, 0.05) is 11.6 Å². The van der Waals surface area contributed by atoms with Crippen LogP contribution in [0.15, 0.2) is 36.4 Å². The van der Waals surface area contributed by atoms with Crippen LogP contribution in [0.3, 0.4) is 0 Å². The number of hydrogen-bond acceptors (Lipinski definition) is 4. The lowest BCUT2D eigenvalue weighted by Gasteiger charge is -2.35. The molecule has 1 aromatic carbocycles. The Labute approximate surface area is 172 Å². The number of carbonyl (C=O) groups is 3. The number of carboxylic acids is 1. The lowest BCUT2D eigenvalue weighted by atomic mass is 9.77. The SMILES string of the molecule is CCCCC1(C(=O)O)NC(C=Cc2ccccc2)C2C(=O)N(C(C)(C)C)C(=O)C21. The summed E-state index contributed by atoms with van der Waals surface area (Å²) in [5, 5.41) is 13.4. The maximum absolute atomic E-state index is 13.3. The Morgan fingerprint density at radius 3 is 2.41 bits per heavy atom. The average Bonchev–Trinajstić information content (AvgIpc) is 3.13. The molecule has 4 atom stereocenters. The largest absolute Gasteiger partial charge is 0.480 e. The molecule has 156 valence electrons. The van der Waals surface area contributed by atoms with Crippen LogP contribution in [0.25, 0.3) is 6.08 Å². The Hall–Kier alpha value is -2.47. The molecular weight excluding hydrogens is 368 g/mol. The molecule has 29 heavy (non-hydrogen) atoms. The molecule has 1 aromatic rings. The summed E-state index contributed by atoms with van der Waals surface area (Å²) in [5.41, 5.74) is -1.17. The smallest absolute Gasteiger partial charge is 0.324 e. The average molecular weight is 399 g/mol. The van der Waals surface area contributed by atoms with Crippen LogP contribution < -0.4 is 5.32 Å². The van der Waals surface area contributed by atoms with Gasteiger partial charge >= 0.3 is 5.97 Å². The van der Waals surface area contributed by atoms with Gasteiger partial charge in [0.2, 0.25) is 11.8 Å². The van der Waals surface area contributed by atoms with Crippen molar-refractivity contribution in [2.24, 2.45) is 11.8 Å². The van der Waals surface area contributed by atoms with Gasteiger partial charge in [0.15, 0.2) is 0 Å². The predicted molar refractivity (Wildman–Crippen MR) is 111 cm³/mol. The van der Waals surface area contributed by atoms with Crippen molar-refractivity contribution in [3.05, 3.63) is 42.0 Å². The van der Waals surface area contributed by atoms with Gasteiger partial charge in [-0.05, 0) is 32.8 Å².